The summed E-state index contributed by atoms with van der Waals surface area (Å²) in [6, 6.07) is 5.67. The smallest absolute Gasteiger partial charge is 0.275 e. The first kappa shape index (κ1) is 18.5. The molecular formula is C12H17ClF2N3OPS. The highest BCUT2D eigenvalue weighted by molar-refractivity contribution is 8.13. The lowest BCUT2D eigenvalue weighted by Gasteiger charge is -2.31. The van der Waals surface area contributed by atoms with Gasteiger partial charge in [0.1, 0.15) is 0 Å². The number of carbonyl (C=O) groups excluding carboxylic acids is 1. The minimum atomic E-state index is -3.56. The lowest BCUT2D eigenvalue weighted by atomic mass is 10.1. The third-order valence-corrected chi connectivity index (χ3v) is 4.51. The highest BCUT2D eigenvalue weighted by atomic mass is 35.5. The van der Waals surface area contributed by atoms with Crippen LogP contribution >= 0.6 is 18.1 Å². The lowest BCUT2D eigenvalue weighted by molar-refractivity contribution is -0.142. The second-order valence-electron chi connectivity index (χ2n) is 4.57. The number of benzene rings is 1. The average molecular weight is 356 g/mol. The summed E-state index contributed by atoms with van der Waals surface area (Å²) in [5, 5.41) is 0.395. The van der Waals surface area contributed by atoms with E-state index in [1.54, 1.807) is 6.92 Å². The number of alkyl halides is 2. The lowest BCUT2D eigenvalue weighted by Crippen LogP contribution is -2.45. The summed E-state index contributed by atoms with van der Waals surface area (Å²) >= 11 is 10.6. The molecule has 4 nitrogen and oxygen atoms in total. The molecule has 0 fully saturated rings. The number of hydrogen-bond donors (Lipinski definition) is 2. The fourth-order valence-electron chi connectivity index (χ4n) is 1.68. The minimum absolute atomic E-state index is 0.119. The molecule has 1 aromatic rings. The predicted molar refractivity (Wildman–Crippen MR) is 86.1 cm³/mol. The number of anilines is 1. The Morgan fingerprint density at radius 3 is 2.33 bits per heavy atom. The van der Waals surface area contributed by atoms with Crippen LogP contribution < -0.4 is 15.7 Å². The van der Waals surface area contributed by atoms with Crippen LogP contribution in [0.3, 0.4) is 0 Å². The van der Waals surface area contributed by atoms with Crippen molar-refractivity contribution in [1.29, 1.82) is 0 Å². The van der Waals surface area contributed by atoms with Gasteiger partial charge in [0.05, 0.1) is 5.69 Å². The third kappa shape index (κ3) is 4.97. The molecule has 0 saturated heterocycles. The van der Waals surface area contributed by atoms with Crippen LogP contribution in [0.2, 0.25) is 5.02 Å². The Hall–Kier alpha value is -0.590. The van der Waals surface area contributed by atoms with Crippen molar-refractivity contribution in [3.8, 4) is 0 Å². The molecule has 9 heteroatoms. The van der Waals surface area contributed by atoms with Gasteiger partial charge in [0.15, 0.2) is 6.49 Å². The largest absolute Gasteiger partial charge is 0.325 e. The highest BCUT2D eigenvalue weighted by Gasteiger charge is 2.44. The van der Waals surface area contributed by atoms with Gasteiger partial charge in [-0.15, -0.1) is 0 Å². The average Bonchev–Trinajstić information content (AvgIpc) is 2.37. The molecule has 0 atom stereocenters. The van der Waals surface area contributed by atoms with Crippen molar-refractivity contribution < 1.29 is 13.6 Å². The first-order chi connectivity index (χ1) is 9.59. The summed E-state index contributed by atoms with van der Waals surface area (Å²) in [7, 11) is 0. The number of amides is 1. The van der Waals surface area contributed by atoms with E-state index in [9.17, 15) is 13.6 Å². The van der Waals surface area contributed by atoms with Gasteiger partial charge >= 0.3 is 11.8 Å². The number of unbranched alkanes of at least 4 members (excludes halogenated alkanes) is 1. The van der Waals surface area contributed by atoms with E-state index in [1.807, 2.05) is 0 Å². The predicted octanol–water partition coefficient (Wildman–Crippen LogP) is 3.64. The maximum absolute atomic E-state index is 14.0. The molecule has 1 amide bonds. The quantitative estimate of drug-likeness (QED) is 0.764. The highest BCUT2D eigenvalue weighted by Crippen LogP contribution is 2.41. The van der Waals surface area contributed by atoms with Gasteiger partial charge in [-0.25, -0.2) is 0 Å². The SMILES string of the molecule is CCCCC(F)(F)C(=O)N(c1ccc(Cl)cc1)P(N)(N)=S. The summed E-state index contributed by atoms with van der Waals surface area (Å²) in [5.41, 5.74) is 11.4. The number of carbonyl (C=O) groups is 1. The fourth-order valence-corrected chi connectivity index (χ4v) is 3.24. The zero-order chi connectivity index (χ0) is 16.3. The summed E-state index contributed by atoms with van der Waals surface area (Å²) < 4.78 is 28.6. The number of nitrogens with two attached hydrogens (primary N) is 2. The van der Waals surface area contributed by atoms with Crippen LogP contribution in [0.5, 0.6) is 0 Å². The van der Waals surface area contributed by atoms with Gasteiger partial charge < -0.3 is 0 Å². The Balaban J connectivity index is 3.18. The van der Waals surface area contributed by atoms with Gasteiger partial charge in [0.25, 0.3) is 0 Å². The molecule has 0 spiro atoms. The Morgan fingerprint density at radius 1 is 1.38 bits per heavy atom. The van der Waals surface area contributed by atoms with Gasteiger partial charge in [-0.05, 0) is 42.5 Å². The minimum Gasteiger partial charge on any atom is -0.275 e. The first-order valence-corrected chi connectivity index (χ1v) is 9.52. The summed E-state index contributed by atoms with van der Waals surface area (Å²) in [4.78, 5) is 12.1. The molecule has 118 valence electrons. The first-order valence-electron chi connectivity index (χ1n) is 6.25. The molecule has 0 bridgehead atoms. The Labute approximate surface area is 132 Å². The van der Waals surface area contributed by atoms with Crippen LogP contribution in [0.4, 0.5) is 14.5 Å². The van der Waals surface area contributed by atoms with Gasteiger partial charge in [-0.1, -0.05) is 24.9 Å². The normalized spacial score (nSPS) is 12.3. The molecule has 0 aromatic heterocycles. The zero-order valence-electron chi connectivity index (χ0n) is 11.4. The van der Waals surface area contributed by atoms with Crippen molar-refractivity contribution in [3.05, 3.63) is 29.3 Å². The van der Waals surface area contributed by atoms with Crippen molar-refractivity contribution in [2.45, 2.75) is 32.1 Å². The molecule has 21 heavy (non-hydrogen) atoms. The van der Waals surface area contributed by atoms with Gasteiger partial charge in [0, 0.05) is 11.4 Å². The number of hydrogen-bond acceptors (Lipinski definition) is 2. The van der Waals surface area contributed by atoms with E-state index in [0.717, 1.165) is 0 Å². The molecule has 0 radical (unpaired) electrons. The topological polar surface area (TPSA) is 72.3 Å². The van der Waals surface area contributed by atoms with E-state index in [-0.39, 0.29) is 12.1 Å². The van der Waals surface area contributed by atoms with Crippen LogP contribution in [0.1, 0.15) is 26.2 Å². The summed E-state index contributed by atoms with van der Waals surface area (Å²) in [5.74, 6) is -5.02. The number of rotatable bonds is 6. The van der Waals surface area contributed by atoms with Crippen molar-refractivity contribution in [2.24, 2.45) is 11.0 Å². The van der Waals surface area contributed by atoms with Crippen LogP contribution in [-0.4, -0.2) is 11.8 Å². The van der Waals surface area contributed by atoms with Crippen molar-refractivity contribution in [1.82, 2.24) is 0 Å². The van der Waals surface area contributed by atoms with Crippen LogP contribution in [0.15, 0.2) is 24.3 Å². The van der Waals surface area contributed by atoms with Gasteiger partial charge in [0.2, 0.25) is 0 Å². The summed E-state index contributed by atoms with van der Waals surface area (Å²) in [6.45, 7) is -1.65. The molecule has 0 unspecified atom stereocenters. The van der Waals surface area contributed by atoms with Gasteiger partial charge in [-0.3, -0.25) is 20.5 Å². The zero-order valence-corrected chi connectivity index (χ0v) is 13.9. The monoisotopic (exact) mass is 355 g/mol. The second-order valence-corrected chi connectivity index (χ2v) is 8.51. The van der Waals surface area contributed by atoms with Gasteiger partial charge in [-0.2, -0.15) is 8.78 Å². The van der Waals surface area contributed by atoms with Crippen molar-refractivity contribution >= 4 is 41.5 Å². The van der Waals surface area contributed by atoms with Crippen LogP contribution in [0, 0.1) is 0 Å². The Kier molecular flexibility index (Phi) is 6.25. The number of halogens is 3. The van der Waals surface area contributed by atoms with E-state index in [2.05, 4.69) is 0 Å². The van der Waals surface area contributed by atoms with Crippen LogP contribution in [-0.2, 0) is 16.6 Å². The fraction of sp³-hybridized carbons (Fsp3) is 0.417. The van der Waals surface area contributed by atoms with E-state index < -0.39 is 24.7 Å². The number of nitrogens with zero attached hydrogens (tertiary/aromatic N) is 1. The molecule has 0 heterocycles. The molecule has 0 aliphatic carbocycles. The molecule has 0 aliphatic rings. The maximum Gasteiger partial charge on any atom is 0.325 e. The second kappa shape index (κ2) is 7.11. The summed E-state index contributed by atoms with van der Waals surface area (Å²) in [6.07, 6.45) is 0.191. The van der Waals surface area contributed by atoms with Crippen molar-refractivity contribution in [2.75, 3.05) is 4.67 Å². The molecule has 0 saturated carbocycles. The molecule has 1 aromatic carbocycles. The standard InChI is InChI=1S/C12H17ClF2N3OPS/c1-2-3-8-12(14,15)11(19)18(20(16,17)21)10-6-4-9(13)5-7-10/h4-7H,2-3,8H2,1H3,(H4,16,17,21). The van der Waals surface area contributed by atoms with Crippen LogP contribution in [0.25, 0.3) is 0 Å². The molecular weight excluding hydrogens is 339 g/mol. The Morgan fingerprint density at radius 2 is 1.90 bits per heavy atom. The van der Waals surface area contributed by atoms with E-state index in [1.165, 1.54) is 24.3 Å². The third-order valence-electron chi connectivity index (χ3n) is 2.73. The molecule has 4 N–H and O–H groups in total. The van der Waals surface area contributed by atoms with E-state index in [4.69, 9.17) is 34.4 Å². The molecule has 1 rings (SSSR count). The molecule has 0 aliphatic heterocycles. The van der Waals surface area contributed by atoms with E-state index in [0.29, 0.717) is 16.1 Å². The maximum atomic E-state index is 14.0. The van der Waals surface area contributed by atoms with Crippen molar-refractivity contribution in [3.63, 3.8) is 0 Å². The van der Waals surface area contributed by atoms with E-state index >= 15 is 0 Å². The Bertz CT molecular complexity index is 550.